The summed E-state index contributed by atoms with van der Waals surface area (Å²) >= 11 is 6.42. The lowest BCUT2D eigenvalue weighted by molar-refractivity contribution is -0.140. The quantitative estimate of drug-likeness (QED) is 0.277. The molecule has 208 valence electrons. The Labute approximate surface area is 234 Å². The number of hydrogen-bond donors (Lipinski definition) is 3. The van der Waals surface area contributed by atoms with Crippen molar-refractivity contribution >= 4 is 34.8 Å². The molecule has 1 aromatic carbocycles. The third-order valence-electron chi connectivity index (χ3n) is 6.99. The number of aliphatic carboxylic acids is 1. The molecule has 3 aromatic heterocycles. The summed E-state index contributed by atoms with van der Waals surface area (Å²) in [5.74, 6) is -1.57. The van der Waals surface area contributed by atoms with Crippen LogP contribution in [0, 0.1) is 12.7 Å². The van der Waals surface area contributed by atoms with E-state index in [1.54, 1.807) is 12.4 Å². The summed E-state index contributed by atoms with van der Waals surface area (Å²) in [5, 5.41) is 11.8. The number of benzene rings is 1. The molecule has 3 heterocycles. The summed E-state index contributed by atoms with van der Waals surface area (Å²) in [7, 11) is 0. The number of anilines is 1. The predicted molar refractivity (Wildman–Crippen MR) is 147 cm³/mol. The van der Waals surface area contributed by atoms with Gasteiger partial charge < -0.3 is 20.9 Å². The maximum absolute atomic E-state index is 15.7. The average Bonchev–Trinajstić information content (AvgIpc) is 3.61. The molecule has 12 heteroatoms. The summed E-state index contributed by atoms with van der Waals surface area (Å²) in [6.07, 6.45) is 5.08. The molecule has 0 unspecified atom stereocenters. The van der Waals surface area contributed by atoms with Crippen molar-refractivity contribution in [3.8, 4) is 16.9 Å². The van der Waals surface area contributed by atoms with Crippen molar-refractivity contribution in [3.05, 3.63) is 70.4 Å². The van der Waals surface area contributed by atoms with Gasteiger partial charge in [-0.3, -0.25) is 14.2 Å². The van der Waals surface area contributed by atoms with Crippen LogP contribution in [-0.2, 0) is 4.79 Å². The number of fused-ring (bicyclic) bond motifs is 1. The lowest BCUT2D eigenvalue weighted by Gasteiger charge is -2.23. The van der Waals surface area contributed by atoms with Gasteiger partial charge in [0.25, 0.3) is 5.91 Å². The van der Waals surface area contributed by atoms with E-state index in [0.29, 0.717) is 46.8 Å². The number of halogens is 2. The average molecular weight is 567 g/mol. The summed E-state index contributed by atoms with van der Waals surface area (Å²) < 4.78 is 23.7. The third-order valence-corrected chi connectivity index (χ3v) is 7.26. The molecule has 0 aliphatic heterocycles. The van der Waals surface area contributed by atoms with Crippen molar-refractivity contribution in [3.63, 3.8) is 0 Å². The highest BCUT2D eigenvalue weighted by Gasteiger charge is 2.51. The standard InChI is InChI=1S/C28H28ClFN6O4/c1-13(2)40-23-17(14(3)25-34-15(4)22-24(31)32-9-10-36(22)25)11-18(29)21(30)20(23)16-5-6-19(33-12-16)26(37)35-28(7-8-28)27(38)39/h5-6,9-14H,7-8H2,1-4H3,(H2,31,32)(H,35,37)(H,38,39)/t14-/m0/s1. The number of hydrogen-bond acceptors (Lipinski definition) is 7. The summed E-state index contributed by atoms with van der Waals surface area (Å²) in [6, 6.07) is 4.46. The molecule has 0 saturated heterocycles. The lowest BCUT2D eigenvalue weighted by atomic mass is 9.93. The van der Waals surface area contributed by atoms with Gasteiger partial charge >= 0.3 is 5.97 Å². The first kappa shape index (κ1) is 27.3. The zero-order chi connectivity index (χ0) is 28.9. The number of carbonyl (C=O) groups excluding carboxylic acids is 1. The van der Waals surface area contributed by atoms with Crippen molar-refractivity contribution in [1.82, 2.24) is 24.7 Å². The number of nitrogen functional groups attached to an aromatic ring is 1. The zero-order valence-electron chi connectivity index (χ0n) is 22.3. The molecule has 5 rings (SSSR count). The van der Waals surface area contributed by atoms with E-state index in [1.807, 2.05) is 32.1 Å². The smallest absolute Gasteiger partial charge is 0.329 e. The Morgan fingerprint density at radius 2 is 1.98 bits per heavy atom. The lowest BCUT2D eigenvalue weighted by Crippen LogP contribution is -2.43. The van der Waals surface area contributed by atoms with Crippen LogP contribution >= 0.6 is 11.6 Å². The molecule has 1 aliphatic carbocycles. The van der Waals surface area contributed by atoms with Gasteiger partial charge in [-0.05, 0) is 45.7 Å². The Hall–Kier alpha value is -4.25. The van der Waals surface area contributed by atoms with Gasteiger partial charge in [-0.25, -0.2) is 19.2 Å². The van der Waals surface area contributed by atoms with Crippen molar-refractivity contribution < 1.29 is 23.8 Å². The van der Waals surface area contributed by atoms with Crippen LogP contribution in [0.3, 0.4) is 0 Å². The van der Waals surface area contributed by atoms with Crippen LogP contribution in [0.15, 0.2) is 36.8 Å². The van der Waals surface area contributed by atoms with Crippen LogP contribution in [0.5, 0.6) is 5.75 Å². The first-order valence-corrected chi connectivity index (χ1v) is 13.1. The van der Waals surface area contributed by atoms with Gasteiger partial charge in [0.2, 0.25) is 0 Å². The molecule has 10 nitrogen and oxygen atoms in total. The minimum absolute atomic E-state index is 0.00385. The van der Waals surface area contributed by atoms with Crippen LogP contribution in [0.4, 0.5) is 10.2 Å². The maximum Gasteiger partial charge on any atom is 0.329 e. The minimum atomic E-state index is -1.25. The van der Waals surface area contributed by atoms with Gasteiger partial charge in [0.05, 0.1) is 22.4 Å². The van der Waals surface area contributed by atoms with Crippen LogP contribution in [0.1, 0.15) is 67.1 Å². The largest absolute Gasteiger partial charge is 0.490 e. The highest BCUT2D eigenvalue weighted by molar-refractivity contribution is 6.31. The van der Waals surface area contributed by atoms with E-state index in [-0.39, 0.29) is 28.1 Å². The number of ether oxygens (including phenoxy) is 1. The van der Waals surface area contributed by atoms with E-state index in [2.05, 4.69) is 15.3 Å². The number of carboxylic acids is 1. The molecule has 1 amide bonds. The Kier molecular flexibility index (Phi) is 6.87. The number of nitrogens with zero attached hydrogens (tertiary/aromatic N) is 4. The highest BCUT2D eigenvalue weighted by Crippen LogP contribution is 2.44. The predicted octanol–water partition coefficient (Wildman–Crippen LogP) is 4.76. The molecule has 4 aromatic rings. The van der Waals surface area contributed by atoms with Crippen molar-refractivity contribution in [2.75, 3.05) is 5.73 Å². The monoisotopic (exact) mass is 566 g/mol. The van der Waals surface area contributed by atoms with Crippen molar-refractivity contribution in [2.24, 2.45) is 0 Å². The van der Waals surface area contributed by atoms with Gasteiger partial charge in [0, 0.05) is 35.6 Å². The Bertz CT molecular complexity index is 1650. The van der Waals surface area contributed by atoms with E-state index in [9.17, 15) is 14.7 Å². The number of carbonyl (C=O) groups is 2. The molecular formula is C28H28ClFN6O4. The molecular weight excluding hydrogens is 539 g/mol. The topological polar surface area (TPSA) is 145 Å². The molecule has 0 spiro atoms. The van der Waals surface area contributed by atoms with E-state index in [1.165, 1.54) is 24.4 Å². The second-order valence-electron chi connectivity index (χ2n) is 10.2. The summed E-state index contributed by atoms with van der Waals surface area (Å²) in [5.41, 5.74) is 7.24. The van der Waals surface area contributed by atoms with E-state index in [0.717, 1.165) is 0 Å². The molecule has 1 atom stereocenters. The first-order valence-electron chi connectivity index (χ1n) is 12.7. The van der Waals surface area contributed by atoms with Crippen molar-refractivity contribution in [1.29, 1.82) is 0 Å². The molecule has 1 saturated carbocycles. The number of aromatic nitrogens is 4. The SMILES string of the molecule is Cc1nc([C@@H](C)c2cc(Cl)c(F)c(-c3ccc(C(=O)NC4(C(=O)O)CC4)nc3)c2OC(C)C)n2ccnc(N)c12. The number of nitrogens with two attached hydrogens (primary N) is 1. The van der Waals surface area contributed by atoms with Crippen LogP contribution in [0.2, 0.25) is 5.02 Å². The number of carboxylic acid groups (broad SMARTS) is 1. The van der Waals surface area contributed by atoms with Gasteiger partial charge in [-0.2, -0.15) is 0 Å². The normalized spacial score (nSPS) is 14.8. The molecule has 1 aliphatic rings. The Morgan fingerprint density at radius 3 is 2.58 bits per heavy atom. The number of amides is 1. The molecule has 0 bridgehead atoms. The van der Waals surface area contributed by atoms with Gasteiger partial charge in [-0.15, -0.1) is 0 Å². The number of aryl methyl sites for hydroxylation is 1. The Balaban J connectivity index is 1.59. The van der Waals surface area contributed by atoms with Crippen LogP contribution in [-0.4, -0.2) is 48.0 Å². The van der Waals surface area contributed by atoms with Crippen LogP contribution in [0.25, 0.3) is 16.6 Å². The highest BCUT2D eigenvalue weighted by atomic mass is 35.5. The Morgan fingerprint density at radius 1 is 1.25 bits per heavy atom. The van der Waals surface area contributed by atoms with Gasteiger partial charge in [0.15, 0.2) is 5.82 Å². The number of rotatable bonds is 8. The van der Waals surface area contributed by atoms with Gasteiger partial charge in [0.1, 0.15) is 34.1 Å². The second kappa shape index (κ2) is 10.1. The van der Waals surface area contributed by atoms with E-state index < -0.39 is 29.2 Å². The molecule has 4 N–H and O–H groups in total. The van der Waals surface area contributed by atoms with E-state index >= 15 is 4.39 Å². The fourth-order valence-electron chi connectivity index (χ4n) is 4.76. The minimum Gasteiger partial charge on any atom is -0.490 e. The molecule has 0 radical (unpaired) electrons. The summed E-state index contributed by atoms with van der Waals surface area (Å²) in [4.78, 5) is 37.2. The summed E-state index contributed by atoms with van der Waals surface area (Å²) in [6.45, 7) is 7.40. The first-order chi connectivity index (χ1) is 18.9. The fourth-order valence-corrected chi connectivity index (χ4v) is 4.97. The fraction of sp³-hybridized carbons (Fsp3) is 0.321. The zero-order valence-corrected chi connectivity index (χ0v) is 23.1. The van der Waals surface area contributed by atoms with E-state index in [4.69, 9.17) is 27.1 Å². The number of pyridine rings is 1. The van der Waals surface area contributed by atoms with Crippen molar-refractivity contribution in [2.45, 2.75) is 58.1 Å². The van der Waals surface area contributed by atoms with Crippen LogP contribution < -0.4 is 15.8 Å². The number of imidazole rings is 1. The number of nitrogens with one attached hydrogen (secondary N) is 1. The third kappa shape index (κ3) is 4.70. The van der Waals surface area contributed by atoms with Gasteiger partial charge in [-0.1, -0.05) is 24.6 Å². The second-order valence-corrected chi connectivity index (χ2v) is 10.6. The molecule has 40 heavy (non-hydrogen) atoms. The maximum atomic E-state index is 15.7. The molecule has 1 fully saturated rings.